The van der Waals surface area contributed by atoms with E-state index >= 15 is 0 Å². The van der Waals surface area contributed by atoms with Gasteiger partial charge >= 0.3 is 0 Å². The number of rotatable bonds is 2. The van der Waals surface area contributed by atoms with Gasteiger partial charge in [0.05, 0.1) is 11.1 Å². The van der Waals surface area contributed by atoms with Crippen molar-refractivity contribution >= 4 is 23.4 Å². The van der Waals surface area contributed by atoms with Crippen molar-refractivity contribution in [3.05, 3.63) is 29.3 Å². The molecule has 0 aromatic heterocycles. The molecule has 3 amide bonds. The number of carbonyl (C=O) groups excluding carboxylic acids is 3. The van der Waals surface area contributed by atoms with Crippen LogP contribution < -0.4 is 10.6 Å². The predicted octanol–water partition coefficient (Wildman–Crippen LogP) is 0.993. The fraction of sp³-hybridized carbons (Fsp3) is 0.400. The zero-order valence-electron chi connectivity index (χ0n) is 11.8. The van der Waals surface area contributed by atoms with E-state index in [2.05, 4.69) is 10.6 Å². The molecule has 0 atom stereocenters. The van der Waals surface area contributed by atoms with Crippen molar-refractivity contribution in [2.24, 2.45) is 0 Å². The summed E-state index contributed by atoms with van der Waals surface area (Å²) < 4.78 is 0. The van der Waals surface area contributed by atoms with Crippen molar-refractivity contribution < 1.29 is 14.4 Å². The third-order valence-corrected chi connectivity index (χ3v) is 4.05. The summed E-state index contributed by atoms with van der Waals surface area (Å²) in [6, 6.07) is 5.47. The first kappa shape index (κ1) is 13.6. The molecule has 0 aliphatic carbocycles. The lowest BCUT2D eigenvalue weighted by Crippen LogP contribution is -2.41. The maximum Gasteiger partial charge on any atom is 0.259 e. The highest BCUT2D eigenvalue weighted by molar-refractivity contribution is 6.21. The molecule has 21 heavy (non-hydrogen) atoms. The Morgan fingerprint density at radius 2 is 1.86 bits per heavy atom. The number of imide groups is 1. The average molecular weight is 287 g/mol. The van der Waals surface area contributed by atoms with E-state index in [9.17, 15) is 14.4 Å². The van der Waals surface area contributed by atoms with E-state index < -0.39 is 0 Å². The summed E-state index contributed by atoms with van der Waals surface area (Å²) in [6.07, 6.45) is 1.75. The molecule has 1 fully saturated rings. The molecule has 2 heterocycles. The first-order valence-electron chi connectivity index (χ1n) is 7.06. The molecular formula is C15H17N3O3. The van der Waals surface area contributed by atoms with Crippen molar-refractivity contribution in [3.63, 3.8) is 0 Å². The van der Waals surface area contributed by atoms with Gasteiger partial charge in [-0.2, -0.15) is 0 Å². The van der Waals surface area contributed by atoms with Crippen LogP contribution >= 0.6 is 0 Å². The molecule has 1 aromatic rings. The minimum atomic E-state index is -0.343. The number of amides is 3. The normalized spacial score (nSPS) is 18.4. The topological polar surface area (TPSA) is 78.5 Å². The van der Waals surface area contributed by atoms with E-state index in [1.54, 1.807) is 19.1 Å². The van der Waals surface area contributed by atoms with Gasteiger partial charge in [0.15, 0.2) is 0 Å². The minimum absolute atomic E-state index is 0.112. The van der Waals surface area contributed by atoms with Crippen LogP contribution in [0.3, 0.4) is 0 Å². The van der Waals surface area contributed by atoms with E-state index in [1.165, 1.54) is 0 Å². The molecule has 0 bridgehead atoms. The quantitative estimate of drug-likeness (QED) is 0.795. The summed E-state index contributed by atoms with van der Waals surface area (Å²) in [4.78, 5) is 36.2. The maximum absolute atomic E-state index is 11.6. The van der Waals surface area contributed by atoms with E-state index in [-0.39, 0.29) is 23.8 Å². The number of carbonyl (C=O) groups is 3. The lowest BCUT2D eigenvalue weighted by Gasteiger charge is -2.32. The van der Waals surface area contributed by atoms with Crippen molar-refractivity contribution in [1.82, 2.24) is 10.2 Å². The third kappa shape index (κ3) is 2.61. The number of hydrogen-bond donors (Lipinski definition) is 2. The number of nitrogens with one attached hydrogen (secondary N) is 2. The summed E-state index contributed by atoms with van der Waals surface area (Å²) >= 11 is 0. The van der Waals surface area contributed by atoms with E-state index in [0.717, 1.165) is 31.6 Å². The highest BCUT2D eigenvalue weighted by atomic mass is 16.2. The predicted molar refractivity (Wildman–Crippen MR) is 77.1 cm³/mol. The molecule has 2 aliphatic heterocycles. The maximum atomic E-state index is 11.6. The number of fused-ring (bicyclic) bond motifs is 1. The van der Waals surface area contributed by atoms with Crippen molar-refractivity contribution in [2.45, 2.75) is 25.8 Å². The summed E-state index contributed by atoms with van der Waals surface area (Å²) in [5.41, 5.74) is 1.68. The Kier molecular flexibility index (Phi) is 3.37. The van der Waals surface area contributed by atoms with Crippen LogP contribution in [0.5, 0.6) is 0 Å². The van der Waals surface area contributed by atoms with Gasteiger partial charge in [-0.15, -0.1) is 0 Å². The monoisotopic (exact) mass is 287 g/mol. The lowest BCUT2D eigenvalue weighted by atomic mass is 10.0. The second-order valence-corrected chi connectivity index (χ2v) is 5.47. The first-order valence-corrected chi connectivity index (χ1v) is 7.06. The fourth-order valence-electron chi connectivity index (χ4n) is 2.83. The Morgan fingerprint density at radius 3 is 2.52 bits per heavy atom. The van der Waals surface area contributed by atoms with E-state index in [4.69, 9.17) is 0 Å². The van der Waals surface area contributed by atoms with Crippen LogP contribution in [0, 0.1) is 0 Å². The molecule has 6 heteroatoms. The molecule has 0 saturated carbocycles. The molecule has 1 saturated heterocycles. The lowest BCUT2D eigenvalue weighted by molar-refractivity contribution is -0.129. The average Bonchev–Trinajstić information content (AvgIpc) is 2.74. The van der Waals surface area contributed by atoms with Gasteiger partial charge in [-0.3, -0.25) is 19.7 Å². The number of benzene rings is 1. The smallest absolute Gasteiger partial charge is 0.259 e. The van der Waals surface area contributed by atoms with Crippen LogP contribution in [-0.2, 0) is 4.79 Å². The van der Waals surface area contributed by atoms with Crippen LogP contribution in [0.25, 0.3) is 0 Å². The van der Waals surface area contributed by atoms with Crippen molar-refractivity contribution in [1.29, 1.82) is 0 Å². The van der Waals surface area contributed by atoms with Gasteiger partial charge in [0, 0.05) is 31.7 Å². The minimum Gasteiger partial charge on any atom is -0.382 e. The highest BCUT2D eigenvalue weighted by Crippen LogP contribution is 2.22. The molecule has 2 aliphatic rings. The third-order valence-electron chi connectivity index (χ3n) is 4.05. The molecule has 3 rings (SSSR count). The summed E-state index contributed by atoms with van der Waals surface area (Å²) in [6.45, 7) is 3.08. The van der Waals surface area contributed by atoms with Crippen LogP contribution in [0.15, 0.2) is 18.2 Å². The zero-order valence-corrected chi connectivity index (χ0v) is 11.8. The molecular weight excluding hydrogens is 270 g/mol. The molecule has 6 nitrogen and oxygen atoms in total. The summed E-state index contributed by atoms with van der Waals surface area (Å²) in [5.74, 6) is -0.567. The van der Waals surface area contributed by atoms with Gasteiger partial charge < -0.3 is 10.2 Å². The number of nitrogens with zero attached hydrogens (tertiary/aromatic N) is 1. The Bertz CT molecular complexity index is 619. The SMILES string of the molecule is CC(=O)N1CCC(Nc2ccc3c(c2)C(=O)NC3=O)CC1. The van der Waals surface area contributed by atoms with Crippen LogP contribution in [0.2, 0.25) is 0 Å². The van der Waals surface area contributed by atoms with E-state index in [0.29, 0.717) is 11.1 Å². The standard InChI is InChI=1S/C15H17N3O3/c1-9(19)18-6-4-10(5-7-18)16-11-2-3-12-13(8-11)15(21)17-14(12)20/h2-3,8,10,16H,4-7H2,1H3,(H,17,20,21). The van der Waals surface area contributed by atoms with Gasteiger partial charge in [-0.25, -0.2) is 0 Å². The number of piperidine rings is 1. The number of hydrogen-bond acceptors (Lipinski definition) is 4. The van der Waals surface area contributed by atoms with Gasteiger partial charge in [0.2, 0.25) is 5.91 Å². The number of anilines is 1. The Hall–Kier alpha value is -2.37. The fourth-order valence-corrected chi connectivity index (χ4v) is 2.83. The second-order valence-electron chi connectivity index (χ2n) is 5.47. The van der Waals surface area contributed by atoms with Crippen LogP contribution in [0.1, 0.15) is 40.5 Å². The Morgan fingerprint density at radius 1 is 1.19 bits per heavy atom. The van der Waals surface area contributed by atoms with Crippen molar-refractivity contribution in [2.75, 3.05) is 18.4 Å². The summed E-state index contributed by atoms with van der Waals surface area (Å²) in [5, 5.41) is 5.66. The first-order chi connectivity index (χ1) is 10.0. The zero-order chi connectivity index (χ0) is 15.0. The Labute approximate surface area is 122 Å². The summed E-state index contributed by atoms with van der Waals surface area (Å²) in [7, 11) is 0. The van der Waals surface area contributed by atoms with Gasteiger partial charge in [0.1, 0.15) is 0 Å². The van der Waals surface area contributed by atoms with Crippen LogP contribution in [-0.4, -0.2) is 41.8 Å². The molecule has 0 radical (unpaired) electrons. The van der Waals surface area contributed by atoms with E-state index in [1.807, 2.05) is 11.0 Å². The van der Waals surface area contributed by atoms with Crippen LogP contribution in [0.4, 0.5) is 5.69 Å². The molecule has 0 spiro atoms. The molecule has 110 valence electrons. The second kappa shape index (κ2) is 5.20. The largest absolute Gasteiger partial charge is 0.382 e. The molecule has 1 aromatic carbocycles. The van der Waals surface area contributed by atoms with Gasteiger partial charge in [-0.05, 0) is 31.0 Å². The Balaban J connectivity index is 1.67. The van der Waals surface area contributed by atoms with Gasteiger partial charge in [0.25, 0.3) is 11.8 Å². The van der Waals surface area contributed by atoms with Crippen molar-refractivity contribution in [3.8, 4) is 0 Å². The highest BCUT2D eigenvalue weighted by Gasteiger charge is 2.27. The number of likely N-dealkylation sites (tertiary alicyclic amines) is 1. The molecule has 0 unspecified atom stereocenters. The van der Waals surface area contributed by atoms with Gasteiger partial charge in [-0.1, -0.05) is 0 Å². The molecule has 2 N–H and O–H groups in total.